The number of rotatable bonds is 16. The molecule has 5 amide bonds. The minimum absolute atomic E-state index is 0.0305. The largest absolute Gasteiger partial charge is 0.395 e. The Morgan fingerprint density at radius 3 is 2.18 bits per heavy atom. The molecule has 0 bridgehead atoms. The average molecular weight is 724 g/mol. The third-order valence-electron chi connectivity index (χ3n) is 11.1. The van der Waals surface area contributed by atoms with Gasteiger partial charge in [0.15, 0.2) is 9.84 Å². The van der Waals surface area contributed by atoms with Crippen LogP contribution in [0.15, 0.2) is 12.7 Å². The molecule has 3 aliphatic rings. The van der Waals surface area contributed by atoms with E-state index in [4.69, 9.17) is 0 Å². The Balaban J connectivity index is 1.87. The first-order valence-electron chi connectivity index (χ1n) is 18.0. The maximum atomic E-state index is 14.4. The van der Waals surface area contributed by atoms with Crippen molar-refractivity contribution in [2.75, 3.05) is 25.4 Å². The van der Waals surface area contributed by atoms with Crippen LogP contribution in [0.1, 0.15) is 107 Å². The van der Waals surface area contributed by atoms with Crippen LogP contribution in [0.4, 0.5) is 4.79 Å². The van der Waals surface area contributed by atoms with Crippen LogP contribution in [0.5, 0.6) is 0 Å². The van der Waals surface area contributed by atoms with Gasteiger partial charge in [-0.3, -0.25) is 19.2 Å². The van der Waals surface area contributed by atoms with Crippen LogP contribution in [0.25, 0.3) is 0 Å². The van der Waals surface area contributed by atoms with Crippen LogP contribution in [-0.2, 0) is 29.0 Å². The number of Topliss-reactive ketones (excluding diaryl/α,β-unsaturated/α-hetero) is 1. The number of hydrogen-bond donors (Lipinski definition) is 5. The monoisotopic (exact) mass is 723 g/mol. The lowest BCUT2D eigenvalue weighted by molar-refractivity contribution is -0.145. The summed E-state index contributed by atoms with van der Waals surface area (Å²) in [6.45, 7) is 17.7. The second-order valence-electron chi connectivity index (χ2n) is 16.9. The van der Waals surface area contributed by atoms with E-state index in [2.05, 4.69) is 27.8 Å². The highest BCUT2D eigenvalue weighted by atomic mass is 32.2. The predicted octanol–water partition coefficient (Wildman–Crippen LogP) is 2.62. The van der Waals surface area contributed by atoms with E-state index < -0.39 is 79.8 Å². The van der Waals surface area contributed by atoms with Crippen molar-refractivity contribution in [2.45, 2.75) is 135 Å². The van der Waals surface area contributed by atoms with E-state index in [-0.39, 0.29) is 42.5 Å². The van der Waals surface area contributed by atoms with Crippen molar-refractivity contribution >= 4 is 39.4 Å². The number of nitrogens with zero attached hydrogens (tertiary/aromatic N) is 1. The molecule has 0 radical (unpaired) electrons. The Hall–Kier alpha value is -3.00. The molecule has 5 atom stereocenters. The number of unbranched alkanes of at least 4 members (excludes halogenated alkanes) is 1. The third-order valence-corrected chi connectivity index (χ3v) is 13.9. The van der Waals surface area contributed by atoms with Gasteiger partial charge < -0.3 is 31.3 Å². The molecule has 5 N–H and O–H groups in total. The number of ketones is 1. The van der Waals surface area contributed by atoms with Gasteiger partial charge in [0.05, 0.1) is 28.7 Å². The number of amides is 5. The molecule has 1 heterocycles. The highest BCUT2D eigenvalue weighted by Gasteiger charge is 2.70. The molecule has 0 spiro atoms. The number of fused-ring (bicyclic) bond motifs is 1. The van der Waals surface area contributed by atoms with Gasteiger partial charge in [0.2, 0.25) is 17.6 Å². The number of aliphatic hydroxyl groups is 1. The van der Waals surface area contributed by atoms with Crippen molar-refractivity contribution in [3.63, 3.8) is 0 Å². The Morgan fingerprint density at radius 1 is 1.02 bits per heavy atom. The Bertz CT molecular complexity index is 1410. The maximum absolute atomic E-state index is 14.4. The number of carbonyl (C=O) groups excluding carboxylic acids is 5. The third kappa shape index (κ3) is 9.07. The second-order valence-corrected chi connectivity index (χ2v) is 19.5. The fraction of sp³-hybridized carbons (Fsp3) is 0.806. The van der Waals surface area contributed by atoms with Gasteiger partial charge >= 0.3 is 6.03 Å². The van der Waals surface area contributed by atoms with Gasteiger partial charge in [0, 0.05) is 13.1 Å². The van der Waals surface area contributed by atoms with Gasteiger partial charge in [-0.2, -0.15) is 0 Å². The van der Waals surface area contributed by atoms with E-state index in [0.717, 1.165) is 25.7 Å². The molecule has 3 fully saturated rings. The molecule has 14 heteroatoms. The van der Waals surface area contributed by atoms with Crippen LogP contribution in [0.3, 0.4) is 0 Å². The number of hydrogen-bond acceptors (Lipinski definition) is 8. The molecular formula is C36H61N5O8S. The number of aliphatic hydroxyl groups excluding tert-OH is 1. The van der Waals surface area contributed by atoms with Gasteiger partial charge in [0.25, 0.3) is 5.91 Å². The Kier molecular flexibility index (Phi) is 13.0. The van der Waals surface area contributed by atoms with Crippen molar-refractivity contribution < 1.29 is 37.5 Å². The Labute approximate surface area is 298 Å². The van der Waals surface area contributed by atoms with Crippen molar-refractivity contribution in [1.82, 2.24) is 26.2 Å². The molecule has 1 aliphatic heterocycles. The zero-order chi connectivity index (χ0) is 37.9. The van der Waals surface area contributed by atoms with E-state index in [9.17, 15) is 37.5 Å². The lowest BCUT2D eigenvalue weighted by Crippen LogP contribution is -2.64. The molecular weight excluding hydrogens is 662 g/mol. The summed E-state index contributed by atoms with van der Waals surface area (Å²) in [7, 11) is -3.83. The van der Waals surface area contributed by atoms with Gasteiger partial charge in [-0.25, -0.2) is 13.2 Å². The summed E-state index contributed by atoms with van der Waals surface area (Å²) in [5.74, 6) is -3.04. The molecule has 2 saturated carbocycles. The molecule has 3 rings (SSSR count). The topological polar surface area (TPSA) is 191 Å². The summed E-state index contributed by atoms with van der Waals surface area (Å²) in [6, 6.07) is -3.74. The fourth-order valence-electron chi connectivity index (χ4n) is 7.57. The van der Waals surface area contributed by atoms with E-state index in [1.807, 2.05) is 20.8 Å². The number of sulfone groups is 1. The maximum Gasteiger partial charge on any atom is 0.315 e. The van der Waals surface area contributed by atoms with Crippen LogP contribution in [0.2, 0.25) is 0 Å². The van der Waals surface area contributed by atoms with Crippen LogP contribution in [-0.4, -0.2) is 102 Å². The zero-order valence-electron chi connectivity index (χ0n) is 31.3. The SMILES string of the molecule is C=CCNC(=O)C(=O)[C@H](CCCC)NC(=O)[C@@H]1[C@@H]2[C@H](CN1C(=O)[C@@H](NC(=O)NC1(CS(=O)(=O)C(C)(C)CO)CCCCC1)C(C)(C)C)C2(C)C. The van der Waals surface area contributed by atoms with Crippen LogP contribution < -0.4 is 21.3 Å². The van der Waals surface area contributed by atoms with Crippen molar-refractivity contribution in [2.24, 2.45) is 22.7 Å². The van der Waals surface area contributed by atoms with Gasteiger partial charge in [-0.15, -0.1) is 6.58 Å². The molecule has 0 aromatic heterocycles. The zero-order valence-corrected chi connectivity index (χ0v) is 32.1. The lowest BCUT2D eigenvalue weighted by Gasteiger charge is -2.41. The minimum Gasteiger partial charge on any atom is -0.395 e. The molecule has 1 saturated heterocycles. The van der Waals surface area contributed by atoms with Crippen LogP contribution >= 0.6 is 0 Å². The van der Waals surface area contributed by atoms with Gasteiger partial charge in [0.1, 0.15) is 12.1 Å². The van der Waals surface area contributed by atoms with E-state index in [1.165, 1.54) is 24.8 Å². The first kappa shape index (κ1) is 41.4. The predicted molar refractivity (Wildman–Crippen MR) is 192 cm³/mol. The lowest BCUT2D eigenvalue weighted by atomic mass is 9.83. The molecule has 0 unspecified atom stereocenters. The molecule has 13 nitrogen and oxygen atoms in total. The average Bonchev–Trinajstić information content (AvgIpc) is 3.33. The van der Waals surface area contributed by atoms with Crippen LogP contribution in [0, 0.1) is 22.7 Å². The standard InChI is InChI=1S/C36H61N5O8S/c1-10-12-16-24(27(43)30(45)37-19-11-2)38-29(44)26-25-23(35(25,8)9)20-41(26)31(46)28(33(3,4)5)39-32(47)40-36(17-14-13-15-18-36)22-50(48,49)34(6,7)21-42/h11,23-26,28,42H,2,10,12-22H2,1,3-9H3,(H,37,45)(H,38,44)(H2,39,40,47)/t23-,24-,25-,26-,28+/m0/s1. The molecule has 2 aliphatic carbocycles. The second kappa shape index (κ2) is 15.7. The summed E-state index contributed by atoms with van der Waals surface area (Å²) in [6.07, 6.45) is 6.28. The van der Waals surface area contributed by atoms with Crippen molar-refractivity contribution in [3.05, 3.63) is 12.7 Å². The first-order chi connectivity index (χ1) is 23.1. The van der Waals surface area contributed by atoms with E-state index in [0.29, 0.717) is 19.3 Å². The number of likely N-dealkylation sites (tertiary alicyclic amines) is 1. The first-order valence-corrected chi connectivity index (χ1v) is 19.7. The van der Waals surface area contributed by atoms with Gasteiger partial charge in [-0.05, 0) is 55.8 Å². The highest BCUT2D eigenvalue weighted by molar-refractivity contribution is 7.92. The number of piperidine rings is 1. The summed E-state index contributed by atoms with van der Waals surface area (Å²) in [4.78, 5) is 69.4. The van der Waals surface area contributed by atoms with Gasteiger partial charge in [-0.1, -0.05) is 79.7 Å². The summed E-state index contributed by atoms with van der Waals surface area (Å²) < 4.78 is 25.4. The summed E-state index contributed by atoms with van der Waals surface area (Å²) in [5.41, 5.74) is -2.10. The smallest absolute Gasteiger partial charge is 0.315 e. The molecule has 0 aromatic carbocycles. The van der Waals surface area contributed by atoms with E-state index in [1.54, 1.807) is 20.8 Å². The minimum atomic E-state index is -3.83. The normalized spacial score (nSPS) is 23.9. The molecule has 50 heavy (non-hydrogen) atoms. The summed E-state index contributed by atoms with van der Waals surface area (Å²) in [5, 5.41) is 20.9. The quantitative estimate of drug-likeness (QED) is 0.119. The number of carbonyl (C=O) groups is 5. The summed E-state index contributed by atoms with van der Waals surface area (Å²) >= 11 is 0. The number of nitrogens with one attached hydrogen (secondary N) is 4. The highest BCUT2D eigenvalue weighted by Crippen LogP contribution is 2.65. The fourth-order valence-corrected chi connectivity index (χ4v) is 9.25. The Morgan fingerprint density at radius 2 is 1.64 bits per heavy atom. The van der Waals surface area contributed by atoms with E-state index >= 15 is 0 Å². The van der Waals surface area contributed by atoms with Crippen molar-refractivity contribution in [1.29, 1.82) is 0 Å². The van der Waals surface area contributed by atoms with Crippen molar-refractivity contribution in [3.8, 4) is 0 Å². The molecule has 0 aromatic rings. The number of urea groups is 1. The molecule has 284 valence electrons.